The predicted molar refractivity (Wildman–Crippen MR) is 41.5 cm³/mol. The maximum Gasteiger partial charge on any atom is 0.150 e. The monoisotopic (exact) mass is 201 g/mol. The first-order valence-corrected chi connectivity index (χ1v) is 4.60. The van der Waals surface area contributed by atoms with Crippen LogP contribution < -0.4 is 0 Å². The van der Waals surface area contributed by atoms with E-state index in [9.17, 15) is 17.8 Å². The summed E-state index contributed by atoms with van der Waals surface area (Å²) in [4.78, 5) is 9.44. The van der Waals surface area contributed by atoms with Crippen molar-refractivity contribution in [2.24, 2.45) is 0 Å². The highest BCUT2D eigenvalue weighted by Gasteiger charge is 2.08. The lowest BCUT2D eigenvalue weighted by atomic mass is 10.2. The molecule has 0 saturated heterocycles. The number of rotatable bonds is 2. The summed E-state index contributed by atoms with van der Waals surface area (Å²) in [6, 6.07) is 3.01. The van der Waals surface area contributed by atoms with Crippen LogP contribution in [0.15, 0.2) is 23.1 Å². The van der Waals surface area contributed by atoms with E-state index in [4.69, 9.17) is 5.11 Å². The molecule has 0 aromatic heterocycles. The largest absolute Gasteiger partial charge is 0.744 e. The fourth-order valence-corrected chi connectivity index (χ4v) is 1.41. The minimum Gasteiger partial charge on any atom is -0.744 e. The standard InChI is InChI=1S/C7H6O5S/c8-4-5-1-2-6(9)7(3-5)13(10,11)12/h1-4,9H,(H,10,11,12)/p-1. The lowest BCUT2D eigenvalue weighted by Gasteiger charge is -2.08. The molecule has 0 aliphatic heterocycles. The van der Waals surface area contributed by atoms with Crippen LogP contribution in [0.1, 0.15) is 10.4 Å². The van der Waals surface area contributed by atoms with Gasteiger partial charge < -0.3 is 9.66 Å². The molecule has 0 radical (unpaired) electrons. The predicted octanol–water partition coefficient (Wildman–Crippen LogP) is 0.109. The molecule has 5 nitrogen and oxygen atoms in total. The third-order valence-electron chi connectivity index (χ3n) is 1.39. The van der Waals surface area contributed by atoms with Crippen molar-refractivity contribution in [3.05, 3.63) is 23.8 Å². The molecule has 1 aromatic carbocycles. The molecule has 0 aliphatic carbocycles. The smallest absolute Gasteiger partial charge is 0.150 e. The highest BCUT2D eigenvalue weighted by atomic mass is 32.2. The van der Waals surface area contributed by atoms with Crippen LogP contribution in [0.5, 0.6) is 5.75 Å². The summed E-state index contributed by atoms with van der Waals surface area (Å²) in [6.07, 6.45) is 0.383. The van der Waals surface area contributed by atoms with Gasteiger partial charge in [-0.1, -0.05) is 0 Å². The van der Waals surface area contributed by atoms with Crippen LogP contribution in [0.2, 0.25) is 0 Å². The van der Waals surface area contributed by atoms with E-state index in [-0.39, 0.29) is 5.56 Å². The average molecular weight is 201 g/mol. The van der Waals surface area contributed by atoms with E-state index in [0.29, 0.717) is 6.29 Å². The van der Waals surface area contributed by atoms with Gasteiger partial charge in [-0.3, -0.25) is 4.79 Å². The lowest BCUT2D eigenvalue weighted by Crippen LogP contribution is -1.99. The number of carbonyl (C=O) groups is 1. The van der Waals surface area contributed by atoms with Crippen molar-refractivity contribution < 1.29 is 22.9 Å². The Hall–Kier alpha value is -1.40. The van der Waals surface area contributed by atoms with Crippen molar-refractivity contribution in [3.8, 4) is 5.75 Å². The van der Waals surface area contributed by atoms with Crippen LogP contribution in [0.4, 0.5) is 0 Å². The Morgan fingerprint density at radius 2 is 2.00 bits per heavy atom. The summed E-state index contributed by atoms with van der Waals surface area (Å²) in [5.41, 5.74) is 0.0206. The van der Waals surface area contributed by atoms with Gasteiger partial charge in [0, 0.05) is 5.56 Å². The molecule has 0 aliphatic rings. The van der Waals surface area contributed by atoms with Gasteiger partial charge in [-0.25, -0.2) is 8.42 Å². The van der Waals surface area contributed by atoms with Gasteiger partial charge in [-0.05, 0) is 18.2 Å². The zero-order valence-electron chi connectivity index (χ0n) is 6.30. The van der Waals surface area contributed by atoms with E-state index in [1.165, 1.54) is 6.07 Å². The quantitative estimate of drug-likeness (QED) is 0.541. The van der Waals surface area contributed by atoms with Crippen molar-refractivity contribution >= 4 is 16.4 Å². The normalized spacial score (nSPS) is 11.2. The Kier molecular flexibility index (Phi) is 2.35. The van der Waals surface area contributed by atoms with Crippen molar-refractivity contribution in [2.45, 2.75) is 4.90 Å². The van der Waals surface area contributed by atoms with E-state index in [2.05, 4.69) is 0 Å². The van der Waals surface area contributed by atoms with Gasteiger partial charge in [0.1, 0.15) is 22.2 Å². The number of aldehydes is 1. The Balaban J connectivity index is 3.44. The molecule has 70 valence electrons. The molecule has 0 bridgehead atoms. The maximum atomic E-state index is 10.5. The average Bonchev–Trinajstić information content (AvgIpc) is 2.03. The fourth-order valence-electron chi connectivity index (χ4n) is 0.804. The molecule has 6 heteroatoms. The van der Waals surface area contributed by atoms with Crippen LogP contribution in [-0.2, 0) is 10.1 Å². The number of phenolic OH excluding ortho intramolecular Hbond substituents is 1. The molecule has 0 amide bonds. The van der Waals surface area contributed by atoms with Crippen LogP contribution in [0, 0.1) is 0 Å². The number of phenols is 1. The van der Waals surface area contributed by atoms with E-state index in [0.717, 1.165) is 12.1 Å². The van der Waals surface area contributed by atoms with Crippen LogP contribution in [-0.4, -0.2) is 24.4 Å². The van der Waals surface area contributed by atoms with Gasteiger partial charge in [-0.15, -0.1) is 0 Å². The molecule has 0 heterocycles. The molecule has 0 spiro atoms. The summed E-state index contributed by atoms with van der Waals surface area (Å²) in [5.74, 6) is -0.652. The zero-order valence-corrected chi connectivity index (χ0v) is 7.11. The van der Waals surface area contributed by atoms with Crippen molar-refractivity contribution in [1.82, 2.24) is 0 Å². The summed E-state index contributed by atoms with van der Waals surface area (Å²) < 4.78 is 31.5. The third kappa shape index (κ3) is 2.04. The molecule has 1 rings (SSSR count). The van der Waals surface area contributed by atoms with Crippen molar-refractivity contribution in [3.63, 3.8) is 0 Å². The van der Waals surface area contributed by atoms with Crippen LogP contribution in [0.25, 0.3) is 0 Å². The SMILES string of the molecule is O=Cc1ccc(O)c(S(=O)(=O)[O-])c1. The Morgan fingerprint density at radius 3 is 2.46 bits per heavy atom. The minimum atomic E-state index is -4.72. The first-order valence-electron chi connectivity index (χ1n) is 3.19. The number of benzene rings is 1. The molecule has 0 fully saturated rings. The van der Waals surface area contributed by atoms with Gasteiger partial charge in [0.2, 0.25) is 0 Å². The Labute approximate surface area is 74.4 Å². The van der Waals surface area contributed by atoms with E-state index < -0.39 is 20.8 Å². The summed E-state index contributed by atoms with van der Waals surface area (Å²) in [5, 5.41) is 8.97. The zero-order chi connectivity index (χ0) is 10.1. The number of aromatic hydroxyl groups is 1. The van der Waals surface area contributed by atoms with Gasteiger partial charge in [0.15, 0.2) is 0 Å². The molecule has 1 aromatic rings. The molecular formula is C7H5O5S-. The maximum absolute atomic E-state index is 10.5. The van der Waals surface area contributed by atoms with Crippen molar-refractivity contribution in [1.29, 1.82) is 0 Å². The second-order valence-corrected chi connectivity index (χ2v) is 3.65. The third-order valence-corrected chi connectivity index (χ3v) is 2.25. The number of hydrogen-bond acceptors (Lipinski definition) is 5. The van der Waals surface area contributed by atoms with Crippen LogP contribution >= 0.6 is 0 Å². The molecule has 0 unspecified atom stereocenters. The summed E-state index contributed by atoms with van der Waals surface area (Å²) >= 11 is 0. The molecular weight excluding hydrogens is 196 g/mol. The number of carbonyl (C=O) groups excluding carboxylic acids is 1. The van der Waals surface area contributed by atoms with E-state index in [1.807, 2.05) is 0 Å². The Morgan fingerprint density at radius 1 is 1.38 bits per heavy atom. The number of hydrogen-bond donors (Lipinski definition) is 1. The highest BCUT2D eigenvalue weighted by molar-refractivity contribution is 7.85. The second kappa shape index (κ2) is 3.15. The van der Waals surface area contributed by atoms with Crippen LogP contribution in [0.3, 0.4) is 0 Å². The topological polar surface area (TPSA) is 94.5 Å². The molecule has 0 atom stereocenters. The Bertz CT molecular complexity index is 434. The lowest BCUT2D eigenvalue weighted by molar-refractivity contribution is 0.112. The van der Waals surface area contributed by atoms with E-state index in [1.54, 1.807) is 0 Å². The molecule has 13 heavy (non-hydrogen) atoms. The van der Waals surface area contributed by atoms with Gasteiger partial charge in [-0.2, -0.15) is 0 Å². The minimum absolute atomic E-state index is 0.0206. The second-order valence-electron chi connectivity index (χ2n) is 2.30. The van der Waals surface area contributed by atoms with Gasteiger partial charge >= 0.3 is 0 Å². The fraction of sp³-hybridized carbons (Fsp3) is 0. The van der Waals surface area contributed by atoms with Gasteiger partial charge in [0.25, 0.3) is 0 Å². The molecule has 0 saturated carbocycles. The van der Waals surface area contributed by atoms with E-state index >= 15 is 0 Å². The summed E-state index contributed by atoms with van der Waals surface area (Å²) in [6.45, 7) is 0. The van der Waals surface area contributed by atoms with Crippen molar-refractivity contribution in [2.75, 3.05) is 0 Å². The summed E-state index contributed by atoms with van der Waals surface area (Å²) in [7, 11) is -4.72. The highest BCUT2D eigenvalue weighted by Crippen LogP contribution is 2.22. The first kappa shape index (κ1) is 9.69. The molecule has 1 N–H and O–H groups in total. The van der Waals surface area contributed by atoms with Gasteiger partial charge in [0.05, 0.1) is 4.90 Å². The first-order chi connectivity index (χ1) is 5.95.